The topological polar surface area (TPSA) is 35.6 Å². The molecule has 1 N–H and O–H groups in total. The summed E-state index contributed by atoms with van der Waals surface area (Å²) >= 11 is 0. The van der Waals surface area contributed by atoms with Crippen molar-refractivity contribution in [1.29, 1.82) is 0 Å². The molecule has 0 spiro atoms. The average Bonchev–Trinajstić information content (AvgIpc) is 2.93. The third-order valence-electron chi connectivity index (χ3n) is 5.79. The highest BCUT2D eigenvalue weighted by Gasteiger charge is 2.25. The first-order valence-electron chi connectivity index (χ1n) is 9.52. The van der Waals surface area contributed by atoms with Crippen molar-refractivity contribution in [2.45, 2.75) is 51.4 Å². The molecule has 0 aromatic rings. The minimum absolute atomic E-state index is 0. The van der Waals surface area contributed by atoms with Gasteiger partial charge in [0.25, 0.3) is 0 Å². The van der Waals surface area contributed by atoms with Gasteiger partial charge in [-0.1, -0.05) is 12.8 Å². The van der Waals surface area contributed by atoms with Crippen molar-refractivity contribution in [3.63, 3.8) is 0 Å². The van der Waals surface area contributed by atoms with E-state index in [2.05, 4.69) is 15.1 Å². The Hall–Kier alpha value is -0.320. The molecule has 0 bridgehead atoms. The Morgan fingerprint density at radius 3 is 2.43 bits per heavy atom. The molecule has 1 amide bonds. The molecule has 5 heteroatoms. The molecule has 0 aromatic heterocycles. The van der Waals surface area contributed by atoms with Crippen LogP contribution in [0.15, 0.2) is 0 Å². The van der Waals surface area contributed by atoms with Gasteiger partial charge in [-0.3, -0.25) is 4.79 Å². The lowest BCUT2D eigenvalue weighted by molar-refractivity contribution is -0.132. The highest BCUT2D eigenvalue weighted by Crippen LogP contribution is 2.28. The summed E-state index contributed by atoms with van der Waals surface area (Å²) in [6, 6.07) is 0. The molecule has 1 saturated carbocycles. The first kappa shape index (κ1) is 19.0. The number of rotatable bonds is 4. The van der Waals surface area contributed by atoms with Gasteiger partial charge in [0.05, 0.1) is 0 Å². The molecule has 3 rings (SSSR count). The van der Waals surface area contributed by atoms with E-state index in [0.29, 0.717) is 11.8 Å². The zero-order chi connectivity index (χ0) is 15.2. The Balaban J connectivity index is 0.00000192. The largest absolute Gasteiger partial charge is 0.341 e. The van der Waals surface area contributed by atoms with Crippen LogP contribution in [0, 0.1) is 11.8 Å². The molecule has 1 unspecified atom stereocenters. The van der Waals surface area contributed by atoms with Crippen molar-refractivity contribution >= 4 is 18.3 Å². The van der Waals surface area contributed by atoms with Gasteiger partial charge < -0.3 is 15.1 Å². The summed E-state index contributed by atoms with van der Waals surface area (Å²) in [5.74, 6) is 1.92. The van der Waals surface area contributed by atoms with E-state index in [1.54, 1.807) is 0 Å². The van der Waals surface area contributed by atoms with E-state index in [-0.39, 0.29) is 12.4 Å². The van der Waals surface area contributed by atoms with Gasteiger partial charge in [-0.05, 0) is 63.6 Å². The van der Waals surface area contributed by atoms with Crippen molar-refractivity contribution in [2.75, 3.05) is 45.8 Å². The minimum Gasteiger partial charge on any atom is -0.341 e. The normalized spacial score (nSPS) is 27.5. The zero-order valence-corrected chi connectivity index (χ0v) is 15.3. The van der Waals surface area contributed by atoms with Crippen LogP contribution in [0.5, 0.6) is 0 Å². The quantitative estimate of drug-likeness (QED) is 0.852. The molecular weight excluding hydrogens is 310 g/mol. The van der Waals surface area contributed by atoms with Crippen LogP contribution in [0.2, 0.25) is 0 Å². The fourth-order valence-electron chi connectivity index (χ4n) is 4.44. The van der Waals surface area contributed by atoms with Gasteiger partial charge in [-0.25, -0.2) is 0 Å². The lowest BCUT2D eigenvalue weighted by atomic mass is 9.99. The van der Waals surface area contributed by atoms with Crippen LogP contribution in [0.4, 0.5) is 0 Å². The monoisotopic (exact) mass is 343 g/mol. The Labute approximate surface area is 147 Å². The summed E-state index contributed by atoms with van der Waals surface area (Å²) in [7, 11) is 0. The van der Waals surface area contributed by atoms with Gasteiger partial charge >= 0.3 is 0 Å². The lowest BCUT2D eigenvalue weighted by Crippen LogP contribution is -2.40. The van der Waals surface area contributed by atoms with Crippen LogP contribution in [-0.2, 0) is 4.79 Å². The first-order chi connectivity index (χ1) is 10.8. The molecule has 134 valence electrons. The molecule has 1 atom stereocenters. The number of carbonyl (C=O) groups is 1. The van der Waals surface area contributed by atoms with Crippen molar-refractivity contribution in [2.24, 2.45) is 11.8 Å². The first-order valence-corrected chi connectivity index (χ1v) is 9.52. The van der Waals surface area contributed by atoms with E-state index < -0.39 is 0 Å². The average molecular weight is 344 g/mol. The maximum Gasteiger partial charge on any atom is 0.222 e. The third-order valence-corrected chi connectivity index (χ3v) is 5.79. The van der Waals surface area contributed by atoms with Crippen LogP contribution >= 0.6 is 12.4 Å². The predicted molar refractivity (Wildman–Crippen MR) is 97.1 cm³/mol. The number of amides is 1. The van der Waals surface area contributed by atoms with E-state index in [0.717, 1.165) is 38.4 Å². The molecular formula is C18H34ClN3O. The predicted octanol–water partition coefficient (Wildman–Crippen LogP) is 2.52. The van der Waals surface area contributed by atoms with Gasteiger partial charge in [0.1, 0.15) is 0 Å². The molecule has 2 saturated heterocycles. The minimum atomic E-state index is 0. The Bertz CT molecular complexity index is 354. The smallest absolute Gasteiger partial charge is 0.222 e. The molecule has 0 radical (unpaired) electrons. The fraction of sp³-hybridized carbons (Fsp3) is 0.944. The third kappa shape index (κ3) is 5.91. The highest BCUT2D eigenvalue weighted by atomic mass is 35.5. The van der Waals surface area contributed by atoms with Crippen molar-refractivity contribution in [3.8, 4) is 0 Å². The van der Waals surface area contributed by atoms with Crippen LogP contribution in [0.3, 0.4) is 0 Å². The summed E-state index contributed by atoms with van der Waals surface area (Å²) in [4.78, 5) is 17.2. The number of hydrogen-bond acceptors (Lipinski definition) is 3. The van der Waals surface area contributed by atoms with Gasteiger partial charge in [0.2, 0.25) is 5.91 Å². The number of carbonyl (C=O) groups excluding carboxylic acids is 1. The molecule has 23 heavy (non-hydrogen) atoms. The van der Waals surface area contributed by atoms with E-state index in [1.807, 2.05) is 0 Å². The highest BCUT2D eigenvalue weighted by molar-refractivity contribution is 5.85. The van der Waals surface area contributed by atoms with E-state index >= 15 is 0 Å². The van der Waals surface area contributed by atoms with E-state index in [4.69, 9.17) is 0 Å². The molecule has 0 aromatic carbocycles. The number of nitrogens with zero attached hydrogens (tertiary/aromatic N) is 2. The summed E-state index contributed by atoms with van der Waals surface area (Å²) in [5.41, 5.74) is 0. The van der Waals surface area contributed by atoms with Gasteiger partial charge in [-0.15, -0.1) is 12.4 Å². The number of hydrogen-bond donors (Lipinski definition) is 1. The van der Waals surface area contributed by atoms with Gasteiger partial charge in [0.15, 0.2) is 0 Å². The Kier molecular flexibility index (Phi) is 8.14. The van der Waals surface area contributed by atoms with Crippen LogP contribution in [-0.4, -0.2) is 61.5 Å². The van der Waals surface area contributed by atoms with Gasteiger partial charge in [0, 0.05) is 32.6 Å². The number of halogens is 1. The number of nitrogens with one attached hydrogen (secondary N) is 1. The Morgan fingerprint density at radius 2 is 1.70 bits per heavy atom. The number of piperidine rings is 1. The second-order valence-corrected chi connectivity index (χ2v) is 7.60. The summed E-state index contributed by atoms with van der Waals surface area (Å²) in [6.45, 7) is 7.77. The summed E-state index contributed by atoms with van der Waals surface area (Å²) in [6.07, 6.45) is 9.88. The molecule has 2 aliphatic heterocycles. The van der Waals surface area contributed by atoms with Crippen LogP contribution in [0.25, 0.3) is 0 Å². The summed E-state index contributed by atoms with van der Waals surface area (Å²) in [5, 5.41) is 3.52. The van der Waals surface area contributed by atoms with E-state index in [1.165, 1.54) is 64.7 Å². The molecule has 2 heterocycles. The standard InChI is InChI=1S/C18H33N3O.ClH/c22-18(13-16-5-1-2-6-16)21-10-4-9-20(11-12-21)15-17-7-3-8-19-14-17;/h16-17,19H,1-15H2;1H. The van der Waals surface area contributed by atoms with Crippen molar-refractivity contribution < 1.29 is 4.79 Å². The molecule has 3 aliphatic rings. The van der Waals surface area contributed by atoms with Gasteiger partial charge in [-0.2, -0.15) is 0 Å². The van der Waals surface area contributed by atoms with Crippen molar-refractivity contribution in [3.05, 3.63) is 0 Å². The fourth-order valence-corrected chi connectivity index (χ4v) is 4.44. The lowest BCUT2D eigenvalue weighted by Gasteiger charge is -2.29. The SMILES string of the molecule is Cl.O=C(CC1CCCC1)N1CCCN(CC2CCCNC2)CC1. The Morgan fingerprint density at radius 1 is 0.913 bits per heavy atom. The second kappa shape index (κ2) is 9.85. The molecule has 3 fully saturated rings. The van der Waals surface area contributed by atoms with Crippen molar-refractivity contribution in [1.82, 2.24) is 15.1 Å². The molecule has 1 aliphatic carbocycles. The summed E-state index contributed by atoms with van der Waals surface area (Å²) < 4.78 is 0. The second-order valence-electron chi connectivity index (χ2n) is 7.60. The zero-order valence-electron chi connectivity index (χ0n) is 14.5. The van der Waals surface area contributed by atoms with Crippen LogP contribution < -0.4 is 5.32 Å². The molecule has 4 nitrogen and oxygen atoms in total. The van der Waals surface area contributed by atoms with E-state index in [9.17, 15) is 4.79 Å². The maximum atomic E-state index is 12.5. The van der Waals surface area contributed by atoms with Crippen LogP contribution in [0.1, 0.15) is 51.4 Å². The maximum absolute atomic E-state index is 12.5.